The molecule has 0 radical (unpaired) electrons. The Hall–Kier alpha value is -2.60. The summed E-state index contributed by atoms with van der Waals surface area (Å²) in [5, 5.41) is 12.2. The molecule has 0 unspecified atom stereocenters. The fourth-order valence-corrected chi connectivity index (χ4v) is 4.14. The van der Waals surface area contributed by atoms with Crippen LogP contribution in [0.15, 0.2) is 65.8 Å². The molecule has 0 aliphatic heterocycles. The lowest BCUT2D eigenvalue weighted by molar-refractivity contribution is -0.118. The van der Waals surface area contributed by atoms with Crippen LogP contribution in [0.1, 0.15) is 49.1 Å². The van der Waals surface area contributed by atoms with Crippen LogP contribution in [0.25, 0.3) is 0 Å². The van der Waals surface area contributed by atoms with E-state index in [2.05, 4.69) is 77.9 Å². The Kier molecular flexibility index (Phi) is 7.47. The van der Waals surface area contributed by atoms with Gasteiger partial charge in [-0.15, -0.1) is 10.2 Å². The zero-order valence-electron chi connectivity index (χ0n) is 17.2. The van der Waals surface area contributed by atoms with E-state index in [-0.39, 0.29) is 11.8 Å². The van der Waals surface area contributed by atoms with Gasteiger partial charge in [-0.1, -0.05) is 86.3 Å². The highest BCUT2D eigenvalue weighted by Gasteiger charge is 2.16. The van der Waals surface area contributed by atoms with Gasteiger partial charge >= 0.3 is 0 Å². The number of thioether (sulfide) groups is 1. The Morgan fingerprint density at radius 3 is 2.10 bits per heavy atom. The lowest BCUT2D eigenvalue weighted by atomic mass is 9.88. The van der Waals surface area contributed by atoms with E-state index in [1.165, 1.54) is 22.9 Å². The molecule has 152 valence electrons. The number of nitrogens with zero attached hydrogens (tertiary/aromatic N) is 3. The third kappa shape index (κ3) is 5.70. The Labute approximate surface area is 176 Å². The summed E-state index contributed by atoms with van der Waals surface area (Å²) in [6.07, 6.45) is 0.853. The van der Waals surface area contributed by atoms with Crippen molar-refractivity contribution in [2.75, 3.05) is 12.3 Å². The lowest BCUT2D eigenvalue weighted by Gasteiger charge is -2.18. The summed E-state index contributed by atoms with van der Waals surface area (Å²) >= 11 is 1.42. The second-order valence-electron chi connectivity index (χ2n) is 7.36. The number of hydrogen-bond donors (Lipinski definition) is 1. The summed E-state index contributed by atoms with van der Waals surface area (Å²) in [5.74, 6) is 1.86. The second kappa shape index (κ2) is 10.3. The first-order chi connectivity index (χ1) is 14.1. The van der Waals surface area contributed by atoms with Crippen molar-refractivity contribution >= 4 is 17.7 Å². The van der Waals surface area contributed by atoms with E-state index in [1.54, 1.807) is 0 Å². The fourth-order valence-electron chi connectivity index (χ4n) is 3.39. The zero-order valence-corrected chi connectivity index (χ0v) is 18.0. The third-order valence-corrected chi connectivity index (χ3v) is 5.90. The Bertz CT molecular complexity index is 870. The molecule has 0 aliphatic carbocycles. The molecule has 1 N–H and O–H groups in total. The van der Waals surface area contributed by atoms with E-state index >= 15 is 0 Å². The molecular weight excluding hydrogens is 380 g/mol. The van der Waals surface area contributed by atoms with Crippen LogP contribution in [0.3, 0.4) is 0 Å². The van der Waals surface area contributed by atoms with Crippen LogP contribution in [0, 0.1) is 0 Å². The highest BCUT2D eigenvalue weighted by molar-refractivity contribution is 7.99. The number of aromatic nitrogens is 3. The van der Waals surface area contributed by atoms with Crippen LogP contribution in [0.4, 0.5) is 0 Å². The maximum Gasteiger partial charge on any atom is 0.230 e. The van der Waals surface area contributed by atoms with Gasteiger partial charge in [-0.2, -0.15) is 0 Å². The van der Waals surface area contributed by atoms with Gasteiger partial charge in [-0.25, -0.2) is 0 Å². The summed E-state index contributed by atoms with van der Waals surface area (Å²) in [5.41, 5.74) is 2.53. The first kappa shape index (κ1) is 21.1. The maximum atomic E-state index is 12.3. The monoisotopic (exact) mass is 408 g/mol. The summed E-state index contributed by atoms with van der Waals surface area (Å²) in [6.45, 7) is 4.80. The van der Waals surface area contributed by atoms with Gasteiger partial charge in [0, 0.05) is 25.4 Å². The van der Waals surface area contributed by atoms with Gasteiger partial charge in [0.05, 0.1) is 5.75 Å². The van der Waals surface area contributed by atoms with Gasteiger partial charge in [0.1, 0.15) is 5.82 Å². The van der Waals surface area contributed by atoms with Crippen LogP contribution in [0.2, 0.25) is 0 Å². The average molecular weight is 409 g/mol. The normalized spacial score (nSPS) is 11.2. The molecule has 0 saturated heterocycles. The maximum absolute atomic E-state index is 12.3. The summed E-state index contributed by atoms with van der Waals surface area (Å²) < 4.78 is 1.96. The minimum Gasteiger partial charge on any atom is -0.355 e. The molecule has 0 spiro atoms. The van der Waals surface area contributed by atoms with Crippen molar-refractivity contribution in [2.45, 2.75) is 37.3 Å². The summed E-state index contributed by atoms with van der Waals surface area (Å²) in [4.78, 5) is 12.3. The van der Waals surface area contributed by atoms with Gasteiger partial charge in [-0.3, -0.25) is 4.79 Å². The van der Waals surface area contributed by atoms with E-state index in [1.807, 2.05) is 23.7 Å². The topological polar surface area (TPSA) is 59.8 Å². The minimum absolute atomic E-state index is 0.0176. The van der Waals surface area contributed by atoms with Crippen molar-refractivity contribution in [3.8, 4) is 0 Å². The average Bonchev–Trinajstić information content (AvgIpc) is 3.11. The number of rotatable bonds is 9. The lowest BCUT2D eigenvalue weighted by Crippen LogP contribution is -2.27. The van der Waals surface area contributed by atoms with Gasteiger partial charge in [-0.05, 0) is 17.5 Å². The smallest absolute Gasteiger partial charge is 0.230 e. The molecule has 3 rings (SSSR count). The van der Waals surface area contributed by atoms with Crippen molar-refractivity contribution < 1.29 is 4.79 Å². The van der Waals surface area contributed by atoms with E-state index in [4.69, 9.17) is 0 Å². The molecule has 0 fully saturated rings. The summed E-state index contributed by atoms with van der Waals surface area (Å²) in [7, 11) is 1.94. The number of benzene rings is 2. The van der Waals surface area contributed by atoms with Crippen LogP contribution in [-0.4, -0.2) is 33.0 Å². The second-order valence-corrected chi connectivity index (χ2v) is 8.30. The molecule has 3 aromatic rings. The molecule has 0 atom stereocenters. The number of hydrogen-bond acceptors (Lipinski definition) is 4. The first-order valence-corrected chi connectivity index (χ1v) is 10.9. The van der Waals surface area contributed by atoms with Crippen molar-refractivity contribution in [2.24, 2.45) is 7.05 Å². The van der Waals surface area contributed by atoms with Crippen molar-refractivity contribution in [3.05, 3.63) is 77.6 Å². The van der Waals surface area contributed by atoms with E-state index in [0.717, 1.165) is 17.4 Å². The van der Waals surface area contributed by atoms with Crippen molar-refractivity contribution in [1.29, 1.82) is 0 Å². The molecule has 0 aliphatic rings. The van der Waals surface area contributed by atoms with Crippen LogP contribution in [0.5, 0.6) is 0 Å². The number of nitrogens with one attached hydrogen (secondary N) is 1. The van der Waals surface area contributed by atoms with Gasteiger partial charge in [0.2, 0.25) is 5.91 Å². The number of carbonyl (C=O) groups is 1. The molecule has 5 nitrogen and oxygen atoms in total. The predicted molar refractivity (Wildman–Crippen MR) is 118 cm³/mol. The molecule has 0 saturated carbocycles. The highest BCUT2D eigenvalue weighted by atomic mass is 32.2. The number of amides is 1. The molecule has 1 amide bonds. The fraction of sp³-hybridized carbons (Fsp3) is 0.348. The Morgan fingerprint density at radius 2 is 1.59 bits per heavy atom. The molecule has 1 aromatic heterocycles. The van der Waals surface area contributed by atoms with Gasteiger partial charge in [0.15, 0.2) is 5.16 Å². The van der Waals surface area contributed by atoms with E-state index in [0.29, 0.717) is 18.2 Å². The molecule has 6 heteroatoms. The molecule has 1 heterocycles. The molecule has 2 aromatic carbocycles. The van der Waals surface area contributed by atoms with Crippen LogP contribution < -0.4 is 5.32 Å². The van der Waals surface area contributed by atoms with Crippen molar-refractivity contribution in [1.82, 2.24) is 20.1 Å². The van der Waals surface area contributed by atoms with Crippen LogP contribution >= 0.6 is 11.8 Å². The number of carbonyl (C=O) groups excluding carboxylic acids is 1. The Balaban J connectivity index is 1.54. The first-order valence-electron chi connectivity index (χ1n) is 9.95. The standard InChI is InChI=1S/C23H28N4OS/c1-17(2)22-25-26-23(27(22)3)29-16-21(28)24-15-14-20(18-10-6-4-7-11-18)19-12-8-5-9-13-19/h4-13,17,20H,14-16H2,1-3H3,(H,24,28). The highest BCUT2D eigenvalue weighted by Crippen LogP contribution is 2.27. The van der Waals surface area contributed by atoms with Crippen LogP contribution in [-0.2, 0) is 11.8 Å². The minimum atomic E-state index is 0.0176. The van der Waals surface area contributed by atoms with E-state index < -0.39 is 0 Å². The molecule has 0 bridgehead atoms. The predicted octanol–water partition coefficient (Wildman–Crippen LogP) is 4.37. The Morgan fingerprint density at radius 1 is 1.00 bits per heavy atom. The SMILES string of the molecule is CC(C)c1nnc(SCC(=O)NCCC(c2ccccc2)c2ccccc2)n1C. The summed E-state index contributed by atoms with van der Waals surface area (Å²) in [6, 6.07) is 20.9. The third-order valence-electron chi connectivity index (χ3n) is 4.88. The quantitative estimate of drug-likeness (QED) is 0.534. The van der Waals surface area contributed by atoms with E-state index in [9.17, 15) is 4.79 Å². The van der Waals surface area contributed by atoms with Gasteiger partial charge in [0.25, 0.3) is 0 Å². The largest absolute Gasteiger partial charge is 0.355 e. The zero-order chi connectivity index (χ0) is 20.6. The van der Waals surface area contributed by atoms with Gasteiger partial charge < -0.3 is 9.88 Å². The molecule has 29 heavy (non-hydrogen) atoms. The molecular formula is C23H28N4OS. The van der Waals surface area contributed by atoms with Crippen molar-refractivity contribution in [3.63, 3.8) is 0 Å².